The van der Waals surface area contributed by atoms with Crippen LogP contribution in [0.25, 0.3) is 0 Å². The number of hydrogen-bond acceptors (Lipinski definition) is 6. The zero-order chi connectivity index (χ0) is 13.1. The lowest BCUT2D eigenvalue weighted by molar-refractivity contribution is 0.147. The molecule has 1 aromatic rings. The quantitative estimate of drug-likeness (QED) is 0.810. The van der Waals surface area contributed by atoms with Crippen molar-refractivity contribution in [3.63, 3.8) is 0 Å². The molecule has 0 bridgehead atoms. The second-order valence-corrected chi connectivity index (χ2v) is 4.40. The number of benzene rings is 1. The van der Waals surface area contributed by atoms with Gasteiger partial charge < -0.3 is 18.8 Å². The number of hydrogen-bond donors (Lipinski definition) is 1. The summed E-state index contributed by atoms with van der Waals surface area (Å²) in [7, 11) is -1.71. The van der Waals surface area contributed by atoms with Crippen molar-refractivity contribution in [2.45, 2.75) is 4.90 Å². The van der Waals surface area contributed by atoms with Crippen LogP contribution in [0.4, 0.5) is 4.79 Å². The molecule has 0 amide bonds. The standard InChI is InChI=1S/C9H10O7S/c1-14-6-3-7(15-2)5-8(4-6)17(12,13)16-9(10)11/h3-5H,1-2H3,(H,10,11). The first-order chi connectivity index (χ1) is 7.89. The lowest BCUT2D eigenvalue weighted by Gasteiger charge is -2.07. The van der Waals surface area contributed by atoms with Crippen LogP contribution in [0.5, 0.6) is 11.5 Å². The highest BCUT2D eigenvalue weighted by Gasteiger charge is 2.21. The molecule has 0 aliphatic heterocycles. The molecule has 0 spiro atoms. The van der Waals surface area contributed by atoms with Gasteiger partial charge in [-0.05, 0) is 0 Å². The maximum atomic E-state index is 11.5. The Labute approximate surface area is 97.7 Å². The summed E-state index contributed by atoms with van der Waals surface area (Å²) in [5, 5.41) is 8.30. The number of ether oxygens (including phenoxy) is 2. The molecule has 1 rings (SSSR count). The van der Waals surface area contributed by atoms with E-state index >= 15 is 0 Å². The van der Waals surface area contributed by atoms with E-state index in [1.807, 2.05) is 0 Å². The molecule has 0 aromatic heterocycles. The first kappa shape index (κ1) is 13.1. The molecule has 0 aliphatic rings. The number of carboxylic acid groups (broad SMARTS) is 1. The van der Waals surface area contributed by atoms with Gasteiger partial charge in [0.1, 0.15) is 16.4 Å². The van der Waals surface area contributed by atoms with Gasteiger partial charge in [-0.1, -0.05) is 0 Å². The van der Waals surface area contributed by atoms with Crippen LogP contribution in [-0.2, 0) is 14.3 Å². The maximum absolute atomic E-state index is 11.5. The number of carbonyl (C=O) groups is 1. The fraction of sp³-hybridized carbons (Fsp3) is 0.222. The van der Waals surface area contributed by atoms with Gasteiger partial charge in [-0.3, -0.25) is 0 Å². The fourth-order valence-electron chi connectivity index (χ4n) is 1.07. The molecule has 7 nitrogen and oxygen atoms in total. The Hall–Kier alpha value is -1.96. The largest absolute Gasteiger partial charge is 0.522 e. The van der Waals surface area contributed by atoms with Crippen molar-refractivity contribution in [1.82, 2.24) is 0 Å². The number of rotatable bonds is 4. The Morgan fingerprint density at radius 2 is 1.59 bits per heavy atom. The topological polar surface area (TPSA) is 99.1 Å². The highest BCUT2D eigenvalue weighted by Crippen LogP contribution is 2.26. The zero-order valence-corrected chi connectivity index (χ0v) is 9.85. The summed E-state index contributed by atoms with van der Waals surface area (Å²) >= 11 is 0. The molecule has 0 saturated carbocycles. The minimum absolute atomic E-state index is 0.205. The van der Waals surface area contributed by atoms with Crippen molar-refractivity contribution in [2.24, 2.45) is 0 Å². The Morgan fingerprint density at radius 1 is 1.12 bits per heavy atom. The van der Waals surface area contributed by atoms with Gasteiger partial charge in [-0.15, -0.1) is 0 Å². The van der Waals surface area contributed by atoms with Crippen molar-refractivity contribution in [2.75, 3.05) is 14.2 Å². The summed E-state index contributed by atoms with van der Waals surface area (Å²) in [6.45, 7) is 0. The molecule has 1 N–H and O–H groups in total. The molecule has 0 saturated heterocycles. The average Bonchev–Trinajstić information content (AvgIpc) is 2.26. The fourth-order valence-corrected chi connectivity index (χ4v) is 1.87. The minimum atomic E-state index is -4.38. The van der Waals surface area contributed by atoms with Crippen molar-refractivity contribution in [3.05, 3.63) is 18.2 Å². The van der Waals surface area contributed by atoms with Crippen LogP contribution >= 0.6 is 0 Å². The van der Waals surface area contributed by atoms with E-state index in [1.165, 1.54) is 20.3 Å². The minimum Gasteiger partial charge on any atom is -0.497 e. The molecular weight excluding hydrogens is 252 g/mol. The summed E-state index contributed by atoms with van der Waals surface area (Å²) in [6.07, 6.45) is -1.91. The van der Waals surface area contributed by atoms with Crippen molar-refractivity contribution < 1.29 is 32.0 Å². The van der Waals surface area contributed by atoms with Gasteiger partial charge in [0, 0.05) is 18.2 Å². The van der Waals surface area contributed by atoms with Crippen molar-refractivity contribution >= 4 is 16.3 Å². The monoisotopic (exact) mass is 262 g/mol. The molecule has 8 heteroatoms. The van der Waals surface area contributed by atoms with Crippen LogP contribution in [-0.4, -0.2) is 33.9 Å². The Bertz CT molecular complexity index is 498. The zero-order valence-electron chi connectivity index (χ0n) is 9.04. The molecule has 0 aliphatic carbocycles. The molecule has 0 radical (unpaired) electrons. The smallest absolute Gasteiger partial charge is 0.497 e. The third-order valence-corrected chi connectivity index (χ3v) is 2.97. The summed E-state index contributed by atoms with van der Waals surface area (Å²) in [6, 6.07) is 3.70. The molecule has 0 unspecified atom stereocenters. The summed E-state index contributed by atoms with van der Waals surface area (Å²) in [5.74, 6) is 0.411. The van der Waals surface area contributed by atoms with Gasteiger partial charge in [-0.2, -0.15) is 8.42 Å². The summed E-state index contributed by atoms with van der Waals surface area (Å²) < 4.78 is 36.4. The molecule has 0 fully saturated rings. The van der Waals surface area contributed by atoms with E-state index in [4.69, 9.17) is 14.6 Å². The van der Waals surface area contributed by atoms with E-state index in [1.54, 1.807) is 0 Å². The van der Waals surface area contributed by atoms with Crippen LogP contribution in [0.3, 0.4) is 0 Å². The Morgan fingerprint density at radius 3 is 1.94 bits per heavy atom. The third kappa shape index (κ3) is 3.25. The van der Waals surface area contributed by atoms with Crippen LogP contribution in [0.1, 0.15) is 0 Å². The Balaban J connectivity index is 3.25. The van der Waals surface area contributed by atoms with E-state index in [0.29, 0.717) is 0 Å². The SMILES string of the molecule is COc1cc(OC)cc(S(=O)(=O)OC(=O)O)c1. The molecule has 17 heavy (non-hydrogen) atoms. The number of methoxy groups -OCH3 is 2. The predicted molar refractivity (Wildman–Crippen MR) is 55.8 cm³/mol. The van der Waals surface area contributed by atoms with Crippen molar-refractivity contribution in [1.29, 1.82) is 0 Å². The van der Waals surface area contributed by atoms with Crippen LogP contribution in [0, 0.1) is 0 Å². The predicted octanol–water partition coefficient (Wildman–Crippen LogP) is 1.09. The van der Waals surface area contributed by atoms with E-state index in [0.717, 1.165) is 12.1 Å². The van der Waals surface area contributed by atoms with Crippen molar-refractivity contribution in [3.8, 4) is 11.5 Å². The van der Waals surface area contributed by atoms with Gasteiger partial charge in [0.2, 0.25) is 0 Å². The van der Waals surface area contributed by atoms with Gasteiger partial charge >= 0.3 is 16.3 Å². The molecule has 1 aromatic carbocycles. The second kappa shape index (κ2) is 4.91. The van der Waals surface area contributed by atoms with Crippen LogP contribution < -0.4 is 9.47 Å². The highest BCUT2D eigenvalue weighted by molar-refractivity contribution is 7.87. The lowest BCUT2D eigenvalue weighted by Crippen LogP contribution is -2.11. The average molecular weight is 262 g/mol. The van der Waals surface area contributed by atoms with Gasteiger partial charge in [0.15, 0.2) is 0 Å². The third-order valence-electron chi connectivity index (χ3n) is 1.79. The van der Waals surface area contributed by atoms with Gasteiger partial charge in [0.25, 0.3) is 0 Å². The normalized spacial score (nSPS) is 10.7. The Kier molecular flexibility index (Phi) is 3.79. The summed E-state index contributed by atoms with van der Waals surface area (Å²) in [4.78, 5) is 9.87. The first-order valence-corrected chi connectivity index (χ1v) is 5.70. The van der Waals surface area contributed by atoms with E-state index in [-0.39, 0.29) is 16.4 Å². The van der Waals surface area contributed by atoms with Gasteiger partial charge in [0.05, 0.1) is 14.2 Å². The molecule has 94 valence electrons. The van der Waals surface area contributed by atoms with E-state index in [9.17, 15) is 13.2 Å². The van der Waals surface area contributed by atoms with Gasteiger partial charge in [-0.25, -0.2) is 4.79 Å². The summed E-state index contributed by atoms with van der Waals surface area (Å²) in [5.41, 5.74) is 0. The van der Waals surface area contributed by atoms with E-state index < -0.39 is 16.3 Å². The van der Waals surface area contributed by atoms with E-state index in [2.05, 4.69) is 4.18 Å². The lowest BCUT2D eigenvalue weighted by atomic mass is 10.3. The maximum Gasteiger partial charge on any atom is 0.522 e. The van der Waals surface area contributed by atoms with Crippen LogP contribution in [0.15, 0.2) is 23.1 Å². The van der Waals surface area contributed by atoms with Crippen LogP contribution in [0.2, 0.25) is 0 Å². The molecular formula is C9H10O7S. The second-order valence-electron chi connectivity index (χ2n) is 2.85. The first-order valence-electron chi connectivity index (χ1n) is 4.29. The molecule has 0 atom stereocenters. The highest BCUT2D eigenvalue weighted by atomic mass is 32.2. The molecule has 0 heterocycles.